The average Bonchev–Trinajstić information content (AvgIpc) is 2.96. The smallest absolute Gasteiger partial charge is 0.265 e. The van der Waals surface area contributed by atoms with E-state index in [0.717, 1.165) is 11.4 Å². The molecule has 1 fully saturated rings. The van der Waals surface area contributed by atoms with E-state index >= 15 is 0 Å². The monoisotopic (exact) mass is 297 g/mol. The lowest BCUT2D eigenvalue weighted by Crippen LogP contribution is -2.51. The number of rotatable bonds is 4. The van der Waals surface area contributed by atoms with Crippen molar-refractivity contribution in [2.75, 3.05) is 39.9 Å². The van der Waals surface area contributed by atoms with E-state index in [1.807, 2.05) is 6.92 Å². The number of aryl methyl sites for hydroxylation is 1. The van der Waals surface area contributed by atoms with E-state index in [1.165, 1.54) is 18.4 Å². The molecule has 0 aliphatic carbocycles. The Labute approximate surface area is 122 Å². The lowest BCUT2D eigenvalue weighted by Gasteiger charge is -2.34. The molecular formula is C13H19N3O3S. The summed E-state index contributed by atoms with van der Waals surface area (Å²) >= 11 is 1.45. The number of piperazine rings is 1. The van der Waals surface area contributed by atoms with Gasteiger partial charge < -0.3 is 14.5 Å². The summed E-state index contributed by atoms with van der Waals surface area (Å²) in [7, 11) is 1.51. The lowest BCUT2D eigenvalue weighted by atomic mass is 10.3. The summed E-state index contributed by atoms with van der Waals surface area (Å²) in [5.41, 5.74) is 0. The zero-order valence-electron chi connectivity index (χ0n) is 11.8. The second kappa shape index (κ2) is 6.81. The number of methoxy groups -OCH3 is 1. The Morgan fingerprint density at radius 3 is 2.50 bits per heavy atom. The molecule has 1 saturated heterocycles. The van der Waals surface area contributed by atoms with Crippen LogP contribution in [-0.4, -0.2) is 66.5 Å². The van der Waals surface area contributed by atoms with Gasteiger partial charge in [0.25, 0.3) is 5.91 Å². The minimum Gasteiger partial charge on any atom is -0.375 e. The molecule has 7 heteroatoms. The molecule has 0 aromatic carbocycles. The molecule has 0 spiro atoms. The maximum atomic E-state index is 12.3. The van der Waals surface area contributed by atoms with Gasteiger partial charge in [0.1, 0.15) is 11.5 Å². The molecule has 1 aromatic heterocycles. The average molecular weight is 297 g/mol. The van der Waals surface area contributed by atoms with E-state index in [9.17, 15) is 9.59 Å². The van der Waals surface area contributed by atoms with Crippen molar-refractivity contribution in [2.45, 2.75) is 13.3 Å². The largest absolute Gasteiger partial charge is 0.375 e. The molecule has 0 bridgehead atoms. The highest BCUT2D eigenvalue weighted by Gasteiger charge is 2.25. The van der Waals surface area contributed by atoms with Gasteiger partial charge in [-0.3, -0.25) is 9.59 Å². The lowest BCUT2D eigenvalue weighted by molar-refractivity contribution is -0.136. The number of nitrogens with zero attached hydrogens (tertiary/aromatic N) is 3. The highest BCUT2D eigenvalue weighted by molar-refractivity contribution is 7.13. The maximum absolute atomic E-state index is 12.3. The summed E-state index contributed by atoms with van der Waals surface area (Å²) in [5, 5.41) is 0.974. The Bertz CT molecular complexity index is 481. The Hall–Kier alpha value is -1.47. The minimum atomic E-state index is -0.0225. The van der Waals surface area contributed by atoms with Gasteiger partial charge in [-0.05, 0) is 6.42 Å². The van der Waals surface area contributed by atoms with Crippen LogP contribution in [0.2, 0.25) is 0 Å². The molecule has 1 aliphatic rings. The summed E-state index contributed by atoms with van der Waals surface area (Å²) in [6, 6.07) is 0. The molecule has 1 aromatic rings. The topological polar surface area (TPSA) is 62.7 Å². The second-order valence-corrected chi connectivity index (χ2v) is 5.69. The van der Waals surface area contributed by atoms with Crippen molar-refractivity contribution in [2.24, 2.45) is 0 Å². The number of amides is 2. The van der Waals surface area contributed by atoms with E-state index in [-0.39, 0.29) is 18.4 Å². The summed E-state index contributed by atoms with van der Waals surface area (Å²) < 4.78 is 4.84. The molecule has 0 atom stereocenters. The second-order valence-electron chi connectivity index (χ2n) is 4.58. The van der Waals surface area contributed by atoms with Crippen LogP contribution in [-0.2, 0) is 16.0 Å². The minimum absolute atomic E-state index is 0.0149. The highest BCUT2D eigenvalue weighted by atomic mass is 32.1. The first-order valence-electron chi connectivity index (χ1n) is 6.66. The van der Waals surface area contributed by atoms with Crippen molar-refractivity contribution < 1.29 is 14.3 Å². The van der Waals surface area contributed by atoms with Crippen molar-refractivity contribution in [1.82, 2.24) is 14.8 Å². The number of carbonyl (C=O) groups is 2. The van der Waals surface area contributed by atoms with Crippen LogP contribution in [0.15, 0.2) is 6.20 Å². The molecule has 0 saturated carbocycles. The molecule has 2 rings (SSSR count). The van der Waals surface area contributed by atoms with E-state index in [0.29, 0.717) is 31.1 Å². The Morgan fingerprint density at radius 1 is 1.30 bits per heavy atom. The van der Waals surface area contributed by atoms with Gasteiger partial charge in [0.2, 0.25) is 5.91 Å². The van der Waals surface area contributed by atoms with Crippen LogP contribution in [0.1, 0.15) is 21.6 Å². The molecule has 0 unspecified atom stereocenters. The fraction of sp³-hybridized carbons (Fsp3) is 0.615. The Kier molecular flexibility index (Phi) is 5.08. The van der Waals surface area contributed by atoms with Crippen LogP contribution >= 0.6 is 11.3 Å². The van der Waals surface area contributed by atoms with Gasteiger partial charge in [-0.1, -0.05) is 6.92 Å². The van der Waals surface area contributed by atoms with E-state index in [1.54, 1.807) is 16.0 Å². The number of hydrogen-bond acceptors (Lipinski definition) is 5. The standard InChI is InChI=1S/C13H19N3O3S/c1-3-11-14-8-10(20-11)13(18)16-6-4-15(5-7-16)12(17)9-19-2/h8H,3-7,9H2,1-2H3. The summed E-state index contributed by atoms with van der Waals surface area (Å²) in [6.07, 6.45) is 2.49. The number of aromatic nitrogens is 1. The van der Waals surface area contributed by atoms with E-state index in [4.69, 9.17) is 4.74 Å². The highest BCUT2D eigenvalue weighted by Crippen LogP contribution is 2.16. The summed E-state index contributed by atoms with van der Waals surface area (Å²) in [4.78, 5) is 32.4. The third-order valence-electron chi connectivity index (χ3n) is 3.25. The first-order chi connectivity index (χ1) is 9.65. The van der Waals surface area contributed by atoms with Crippen LogP contribution in [0.4, 0.5) is 0 Å². The van der Waals surface area contributed by atoms with Crippen molar-refractivity contribution in [3.8, 4) is 0 Å². The summed E-state index contributed by atoms with van der Waals surface area (Å²) in [6.45, 7) is 4.37. The van der Waals surface area contributed by atoms with Gasteiger partial charge >= 0.3 is 0 Å². The SMILES string of the molecule is CCc1ncc(C(=O)N2CCN(C(=O)COC)CC2)s1. The molecular weight excluding hydrogens is 278 g/mol. The van der Waals surface area contributed by atoms with Crippen LogP contribution in [0.5, 0.6) is 0 Å². The molecule has 110 valence electrons. The van der Waals surface area contributed by atoms with Crippen molar-refractivity contribution >= 4 is 23.2 Å². The van der Waals surface area contributed by atoms with Crippen LogP contribution < -0.4 is 0 Å². The third kappa shape index (κ3) is 3.34. The summed E-state index contributed by atoms with van der Waals surface area (Å²) in [5.74, 6) is -0.00769. The molecule has 0 N–H and O–H groups in total. The predicted octanol–water partition coefficient (Wildman–Crippen LogP) is 0.636. The number of ether oxygens (including phenoxy) is 1. The number of hydrogen-bond donors (Lipinski definition) is 0. The predicted molar refractivity (Wildman–Crippen MR) is 75.9 cm³/mol. The fourth-order valence-electron chi connectivity index (χ4n) is 2.10. The van der Waals surface area contributed by atoms with Gasteiger partial charge in [-0.2, -0.15) is 0 Å². The Morgan fingerprint density at radius 2 is 1.95 bits per heavy atom. The zero-order chi connectivity index (χ0) is 14.5. The third-order valence-corrected chi connectivity index (χ3v) is 4.38. The fourth-order valence-corrected chi connectivity index (χ4v) is 2.93. The Balaban J connectivity index is 1.90. The van der Waals surface area contributed by atoms with Gasteiger partial charge in [0.05, 0.1) is 11.2 Å². The molecule has 20 heavy (non-hydrogen) atoms. The van der Waals surface area contributed by atoms with Gasteiger partial charge in [-0.25, -0.2) is 4.98 Å². The quantitative estimate of drug-likeness (QED) is 0.818. The maximum Gasteiger partial charge on any atom is 0.265 e. The molecule has 2 heterocycles. The van der Waals surface area contributed by atoms with E-state index < -0.39 is 0 Å². The normalized spacial score (nSPS) is 15.5. The van der Waals surface area contributed by atoms with Gasteiger partial charge in [-0.15, -0.1) is 11.3 Å². The molecule has 0 radical (unpaired) electrons. The number of carbonyl (C=O) groups excluding carboxylic acids is 2. The molecule has 2 amide bonds. The first kappa shape index (κ1) is 14.9. The molecule has 1 aliphatic heterocycles. The molecule has 6 nitrogen and oxygen atoms in total. The van der Waals surface area contributed by atoms with Crippen molar-refractivity contribution in [3.05, 3.63) is 16.1 Å². The van der Waals surface area contributed by atoms with Gasteiger partial charge in [0, 0.05) is 33.3 Å². The van der Waals surface area contributed by atoms with Crippen LogP contribution in [0.25, 0.3) is 0 Å². The van der Waals surface area contributed by atoms with Crippen molar-refractivity contribution in [1.29, 1.82) is 0 Å². The van der Waals surface area contributed by atoms with Crippen LogP contribution in [0.3, 0.4) is 0 Å². The van der Waals surface area contributed by atoms with Crippen molar-refractivity contribution in [3.63, 3.8) is 0 Å². The van der Waals surface area contributed by atoms with Gasteiger partial charge in [0.15, 0.2) is 0 Å². The number of thiazole rings is 1. The zero-order valence-corrected chi connectivity index (χ0v) is 12.6. The van der Waals surface area contributed by atoms with Crippen LogP contribution in [0, 0.1) is 0 Å². The first-order valence-corrected chi connectivity index (χ1v) is 7.48. The van der Waals surface area contributed by atoms with E-state index in [2.05, 4.69) is 4.98 Å².